The third kappa shape index (κ3) is 4.81. The Bertz CT molecular complexity index is 1090. The molecule has 0 spiro atoms. The summed E-state index contributed by atoms with van der Waals surface area (Å²) in [6.07, 6.45) is 0.728. The zero-order valence-electron chi connectivity index (χ0n) is 15.3. The van der Waals surface area contributed by atoms with Crippen molar-refractivity contribution in [2.24, 2.45) is 0 Å². The van der Waals surface area contributed by atoms with Crippen LogP contribution < -0.4 is 10.7 Å². The fourth-order valence-electron chi connectivity index (χ4n) is 2.63. The van der Waals surface area contributed by atoms with Gasteiger partial charge in [-0.15, -0.1) is 0 Å². The van der Waals surface area contributed by atoms with Crippen LogP contribution in [-0.2, 0) is 11.2 Å². The number of hydrogen-bond donors (Lipinski definition) is 1. The Labute approximate surface area is 163 Å². The molecule has 0 saturated carbocycles. The molecule has 0 unspecified atom stereocenters. The molecule has 0 aliphatic heterocycles. The molecule has 0 fully saturated rings. The lowest BCUT2D eigenvalue weighted by Crippen LogP contribution is -2.17. The molecule has 0 aliphatic carbocycles. The maximum atomic E-state index is 13.5. The van der Waals surface area contributed by atoms with Gasteiger partial charge in [0.1, 0.15) is 5.69 Å². The van der Waals surface area contributed by atoms with Crippen molar-refractivity contribution in [3.05, 3.63) is 87.6 Å². The van der Waals surface area contributed by atoms with Crippen LogP contribution in [0.25, 0.3) is 5.69 Å². The normalized spacial score (nSPS) is 10.6. The average Bonchev–Trinajstić information content (AvgIpc) is 2.68. The number of rotatable bonds is 5. The van der Waals surface area contributed by atoms with Gasteiger partial charge < -0.3 is 4.74 Å². The van der Waals surface area contributed by atoms with Gasteiger partial charge in [0.15, 0.2) is 17.5 Å². The SMILES string of the molecule is CCOC(=O)Nc1cccc(Cc2nn(-c3cc(F)c(F)c(F)c3)ccc2=O)c1. The van der Waals surface area contributed by atoms with Crippen molar-refractivity contribution in [1.82, 2.24) is 9.78 Å². The van der Waals surface area contributed by atoms with E-state index in [-0.39, 0.29) is 29.8 Å². The first-order chi connectivity index (χ1) is 13.9. The molecule has 0 atom stereocenters. The lowest BCUT2D eigenvalue weighted by molar-refractivity contribution is 0.168. The molecule has 0 saturated heterocycles. The highest BCUT2D eigenvalue weighted by Crippen LogP contribution is 2.17. The van der Waals surface area contributed by atoms with Gasteiger partial charge in [-0.05, 0) is 24.6 Å². The minimum absolute atomic E-state index is 0.0691. The molecule has 3 rings (SSSR count). The van der Waals surface area contributed by atoms with Crippen LogP contribution in [0.3, 0.4) is 0 Å². The number of carbonyl (C=O) groups excluding carboxylic acids is 1. The number of nitrogens with zero attached hydrogens (tertiary/aromatic N) is 2. The highest BCUT2D eigenvalue weighted by atomic mass is 19.2. The maximum Gasteiger partial charge on any atom is 0.411 e. The second-order valence-corrected chi connectivity index (χ2v) is 6.02. The van der Waals surface area contributed by atoms with Crippen molar-refractivity contribution in [2.75, 3.05) is 11.9 Å². The highest BCUT2D eigenvalue weighted by molar-refractivity contribution is 5.84. The second-order valence-electron chi connectivity index (χ2n) is 6.02. The van der Waals surface area contributed by atoms with E-state index in [1.54, 1.807) is 31.2 Å². The Hall–Kier alpha value is -3.62. The van der Waals surface area contributed by atoms with Crippen LogP contribution in [0, 0.1) is 17.5 Å². The molecule has 0 radical (unpaired) electrons. The van der Waals surface area contributed by atoms with Gasteiger partial charge in [0.2, 0.25) is 5.43 Å². The summed E-state index contributed by atoms with van der Waals surface area (Å²) in [5.41, 5.74) is 0.789. The van der Waals surface area contributed by atoms with Crippen LogP contribution in [0.15, 0.2) is 53.5 Å². The molecule has 1 N–H and O–H groups in total. The first-order valence-corrected chi connectivity index (χ1v) is 8.64. The summed E-state index contributed by atoms with van der Waals surface area (Å²) in [5.74, 6) is -4.31. The molecular weight excluding hydrogens is 387 g/mol. The molecule has 1 aromatic heterocycles. The van der Waals surface area contributed by atoms with E-state index < -0.39 is 23.5 Å². The predicted octanol–water partition coefficient (Wildman–Crippen LogP) is 3.81. The number of ether oxygens (including phenoxy) is 1. The zero-order valence-corrected chi connectivity index (χ0v) is 15.3. The van der Waals surface area contributed by atoms with Crippen LogP contribution in [-0.4, -0.2) is 22.5 Å². The molecule has 6 nitrogen and oxygen atoms in total. The first-order valence-electron chi connectivity index (χ1n) is 8.64. The summed E-state index contributed by atoms with van der Waals surface area (Å²) in [6.45, 7) is 1.91. The average molecular weight is 403 g/mol. The molecule has 150 valence electrons. The van der Waals surface area contributed by atoms with Gasteiger partial charge in [0.05, 0.1) is 12.3 Å². The first kappa shape index (κ1) is 20.1. The van der Waals surface area contributed by atoms with Crippen LogP contribution in [0.4, 0.5) is 23.7 Å². The zero-order chi connectivity index (χ0) is 21.0. The van der Waals surface area contributed by atoms with Gasteiger partial charge in [-0.2, -0.15) is 5.10 Å². The predicted molar refractivity (Wildman–Crippen MR) is 99.6 cm³/mol. The van der Waals surface area contributed by atoms with Crippen molar-refractivity contribution in [2.45, 2.75) is 13.3 Å². The summed E-state index contributed by atoms with van der Waals surface area (Å²) in [4.78, 5) is 23.7. The van der Waals surface area contributed by atoms with Crippen molar-refractivity contribution >= 4 is 11.8 Å². The fourth-order valence-corrected chi connectivity index (χ4v) is 2.63. The van der Waals surface area contributed by atoms with Gasteiger partial charge in [0.25, 0.3) is 0 Å². The summed E-state index contributed by atoms with van der Waals surface area (Å²) < 4.78 is 46.1. The van der Waals surface area contributed by atoms with E-state index >= 15 is 0 Å². The van der Waals surface area contributed by atoms with E-state index in [0.29, 0.717) is 11.3 Å². The third-order valence-corrected chi connectivity index (χ3v) is 3.93. The smallest absolute Gasteiger partial charge is 0.411 e. The molecule has 0 bridgehead atoms. The molecular formula is C20H16F3N3O3. The van der Waals surface area contributed by atoms with Crippen LogP contribution in [0.1, 0.15) is 18.2 Å². The summed E-state index contributed by atoms with van der Waals surface area (Å²) in [6, 6.07) is 9.47. The van der Waals surface area contributed by atoms with E-state index in [1.807, 2.05) is 0 Å². The number of carbonyl (C=O) groups is 1. The van der Waals surface area contributed by atoms with Gasteiger partial charge in [-0.1, -0.05) is 12.1 Å². The Morgan fingerprint density at radius 2 is 1.86 bits per heavy atom. The van der Waals surface area contributed by atoms with E-state index in [0.717, 1.165) is 16.8 Å². The van der Waals surface area contributed by atoms with Crippen molar-refractivity contribution in [3.63, 3.8) is 0 Å². The lowest BCUT2D eigenvalue weighted by atomic mass is 10.1. The quantitative estimate of drug-likeness (QED) is 0.658. The van der Waals surface area contributed by atoms with Crippen LogP contribution in [0.5, 0.6) is 0 Å². The van der Waals surface area contributed by atoms with E-state index in [1.165, 1.54) is 12.3 Å². The van der Waals surface area contributed by atoms with Crippen LogP contribution in [0.2, 0.25) is 0 Å². The maximum absolute atomic E-state index is 13.5. The molecule has 2 aromatic carbocycles. The third-order valence-electron chi connectivity index (χ3n) is 3.93. The van der Waals surface area contributed by atoms with Crippen molar-refractivity contribution < 1.29 is 22.7 Å². The molecule has 29 heavy (non-hydrogen) atoms. The largest absolute Gasteiger partial charge is 0.450 e. The minimum atomic E-state index is -1.58. The monoisotopic (exact) mass is 403 g/mol. The molecule has 1 amide bonds. The van der Waals surface area contributed by atoms with Crippen LogP contribution >= 0.6 is 0 Å². The van der Waals surface area contributed by atoms with Gasteiger partial charge >= 0.3 is 6.09 Å². The number of nitrogens with one attached hydrogen (secondary N) is 1. The molecule has 1 heterocycles. The highest BCUT2D eigenvalue weighted by Gasteiger charge is 2.13. The number of anilines is 1. The Morgan fingerprint density at radius 1 is 1.14 bits per heavy atom. The van der Waals surface area contributed by atoms with E-state index in [2.05, 4.69) is 10.4 Å². The number of amides is 1. The number of halogens is 3. The number of benzene rings is 2. The van der Waals surface area contributed by atoms with Gasteiger partial charge in [-0.3, -0.25) is 10.1 Å². The second kappa shape index (κ2) is 8.59. The molecule has 9 heteroatoms. The van der Waals surface area contributed by atoms with Gasteiger partial charge in [-0.25, -0.2) is 22.6 Å². The molecule has 3 aromatic rings. The Balaban J connectivity index is 1.88. The lowest BCUT2D eigenvalue weighted by Gasteiger charge is -2.10. The summed E-state index contributed by atoms with van der Waals surface area (Å²) >= 11 is 0. The van der Waals surface area contributed by atoms with E-state index in [4.69, 9.17) is 4.74 Å². The Morgan fingerprint density at radius 3 is 2.55 bits per heavy atom. The topological polar surface area (TPSA) is 73.2 Å². The standard InChI is InChI=1S/C20H16F3N3O3/c1-2-29-20(28)24-13-5-3-4-12(8-13)9-17-18(27)6-7-26(25-17)14-10-15(21)19(23)16(22)11-14/h3-8,10-11H,2,9H2,1H3,(H,24,28). The summed E-state index contributed by atoms with van der Waals surface area (Å²) in [5, 5.41) is 6.66. The van der Waals surface area contributed by atoms with Crippen molar-refractivity contribution in [3.8, 4) is 5.69 Å². The number of hydrogen-bond acceptors (Lipinski definition) is 4. The van der Waals surface area contributed by atoms with Crippen molar-refractivity contribution in [1.29, 1.82) is 0 Å². The molecule has 0 aliphatic rings. The number of aromatic nitrogens is 2. The van der Waals surface area contributed by atoms with E-state index in [9.17, 15) is 22.8 Å². The summed E-state index contributed by atoms with van der Waals surface area (Å²) in [7, 11) is 0. The van der Waals surface area contributed by atoms with Gasteiger partial charge in [0, 0.05) is 36.5 Å². The Kier molecular flexibility index (Phi) is 5.96. The fraction of sp³-hybridized carbons (Fsp3) is 0.150. The minimum Gasteiger partial charge on any atom is -0.450 e.